The van der Waals surface area contributed by atoms with Crippen LogP contribution in [-0.4, -0.2) is 44.1 Å². The second-order valence-electron chi connectivity index (χ2n) is 6.46. The van der Waals surface area contributed by atoms with Gasteiger partial charge in [0.1, 0.15) is 0 Å². The average Bonchev–Trinajstić information content (AvgIpc) is 2.68. The summed E-state index contributed by atoms with van der Waals surface area (Å²) in [4.78, 5) is 37.9. The molecule has 2 aromatic carbocycles. The van der Waals surface area contributed by atoms with Crippen LogP contribution in [0.2, 0.25) is 0 Å². The van der Waals surface area contributed by atoms with Crippen LogP contribution in [0, 0.1) is 13.8 Å². The van der Waals surface area contributed by atoms with E-state index >= 15 is 0 Å². The fourth-order valence-electron chi connectivity index (χ4n) is 2.74. The fourth-order valence-corrected chi connectivity index (χ4v) is 2.74. The number of carbonyl (C=O) groups is 3. The highest BCUT2D eigenvalue weighted by molar-refractivity contribution is 6.03. The summed E-state index contributed by atoms with van der Waals surface area (Å²) < 4.78 is 9.44. The van der Waals surface area contributed by atoms with Crippen LogP contribution in [0.1, 0.15) is 37.4 Å². The van der Waals surface area contributed by atoms with E-state index in [0.29, 0.717) is 6.54 Å². The second-order valence-corrected chi connectivity index (χ2v) is 6.46. The zero-order chi connectivity index (χ0) is 20.8. The molecule has 0 atom stereocenters. The Bertz CT molecular complexity index is 908. The molecule has 0 radical (unpaired) electrons. The molecule has 0 aliphatic carbocycles. The molecule has 0 saturated carbocycles. The van der Waals surface area contributed by atoms with Gasteiger partial charge in [0.25, 0.3) is 0 Å². The van der Waals surface area contributed by atoms with Gasteiger partial charge in [-0.05, 0) is 43.2 Å². The van der Waals surface area contributed by atoms with Crippen molar-refractivity contribution in [3.05, 3.63) is 64.2 Å². The first kappa shape index (κ1) is 21.0. The van der Waals surface area contributed by atoms with E-state index in [1.807, 2.05) is 26.0 Å². The molecule has 1 N–H and O–H groups in total. The zero-order valence-corrected chi connectivity index (χ0v) is 16.7. The second kappa shape index (κ2) is 9.03. The van der Waals surface area contributed by atoms with E-state index in [0.717, 1.165) is 16.7 Å². The smallest absolute Gasteiger partial charge is 0.339 e. The summed E-state index contributed by atoms with van der Waals surface area (Å²) in [5, 5.41) is 2.67. The lowest BCUT2D eigenvalue weighted by Gasteiger charge is -2.20. The largest absolute Gasteiger partial charge is 0.465 e. The Morgan fingerprint density at radius 3 is 2.25 bits per heavy atom. The van der Waals surface area contributed by atoms with Crippen LogP contribution >= 0.6 is 0 Å². The van der Waals surface area contributed by atoms with Crippen molar-refractivity contribution in [2.45, 2.75) is 20.4 Å². The molecule has 0 bridgehead atoms. The van der Waals surface area contributed by atoms with Crippen molar-refractivity contribution in [3.63, 3.8) is 0 Å². The van der Waals surface area contributed by atoms with Crippen LogP contribution in [0.25, 0.3) is 0 Å². The Hall–Kier alpha value is -3.35. The maximum absolute atomic E-state index is 12.7. The number of ether oxygens (including phenoxy) is 2. The summed E-state index contributed by atoms with van der Waals surface area (Å²) in [6.45, 7) is 4.39. The van der Waals surface area contributed by atoms with Crippen molar-refractivity contribution in [1.29, 1.82) is 0 Å². The summed E-state index contributed by atoms with van der Waals surface area (Å²) in [6, 6.07) is 9.84. The van der Waals surface area contributed by atoms with Gasteiger partial charge in [-0.3, -0.25) is 0 Å². The average molecular weight is 384 g/mol. The Morgan fingerprint density at radius 1 is 0.964 bits per heavy atom. The van der Waals surface area contributed by atoms with Gasteiger partial charge < -0.3 is 19.7 Å². The van der Waals surface area contributed by atoms with Crippen molar-refractivity contribution in [3.8, 4) is 0 Å². The number of benzene rings is 2. The normalized spacial score (nSPS) is 10.2. The summed E-state index contributed by atoms with van der Waals surface area (Å²) in [6.07, 6.45) is 0. The van der Waals surface area contributed by atoms with Crippen LogP contribution in [0.5, 0.6) is 0 Å². The molecule has 0 aliphatic rings. The number of rotatable bonds is 5. The van der Waals surface area contributed by atoms with Crippen LogP contribution < -0.4 is 5.32 Å². The third-order valence-corrected chi connectivity index (χ3v) is 4.34. The van der Waals surface area contributed by atoms with Gasteiger partial charge in [-0.15, -0.1) is 0 Å². The zero-order valence-electron chi connectivity index (χ0n) is 16.7. The van der Waals surface area contributed by atoms with E-state index in [1.54, 1.807) is 7.05 Å². The Morgan fingerprint density at radius 2 is 1.64 bits per heavy atom. The van der Waals surface area contributed by atoms with Gasteiger partial charge in [0, 0.05) is 13.6 Å². The fraction of sp³-hybridized carbons (Fsp3) is 0.286. The van der Waals surface area contributed by atoms with Crippen LogP contribution in [-0.2, 0) is 16.0 Å². The topological polar surface area (TPSA) is 84.9 Å². The predicted octanol–water partition coefficient (Wildman–Crippen LogP) is 3.54. The standard InChI is InChI=1S/C21H24N2O5/c1-13-6-7-16(14(2)10-13)12-23(3)21(26)22-18-11-15(19(24)27-4)8-9-17(18)20(25)28-5/h6-11H,12H2,1-5H3,(H,22,26). The molecule has 7 heteroatoms. The summed E-state index contributed by atoms with van der Waals surface area (Å²) in [7, 11) is 4.15. The molecule has 0 aliphatic heterocycles. The number of hydrogen-bond acceptors (Lipinski definition) is 5. The molecule has 2 amide bonds. The molecule has 0 unspecified atom stereocenters. The van der Waals surface area contributed by atoms with E-state index in [1.165, 1.54) is 37.3 Å². The SMILES string of the molecule is COC(=O)c1ccc(C(=O)OC)c(NC(=O)N(C)Cc2ccc(C)cc2C)c1. The number of hydrogen-bond donors (Lipinski definition) is 1. The van der Waals surface area contributed by atoms with Gasteiger partial charge in [0.2, 0.25) is 0 Å². The van der Waals surface area contributed by atoms with Crippen molar-refractivity contribution < 1.29 is 23.9 Å². The van der Waals surface area contributed by atoms with Crippen LogP contribution in [0.4, 0.5) is 10.5 Å². The molecular formula is C21H24N2O5. The summed E-state index contributed by atoms with van der Waals surface area (Å²) in [5.41, 5.74) is 3.77. The van der Waals surface area contributed by atoms with Gasteiger partial charge in [0.05, 0.1) is 31.0 Å². The molecule has 0 saturated heterocycles. The van der Waals surface area contributed by atoms with Gasteiger partial charge in [-0.1, -0.05) is 23.8 Å². The molecule has 0 aromatic heterocycles. The van der Waals surface area contributed by atoms with Crippen LogP contribution in [0.15, 0.2) is 36.4 Å². The number of esters is 2. The van der Waals surface area contributed by atoms with Crippen molar-refractivity contribution >= 4 is 23.7 Å². The van der Waals surface area contributed by atoms with Gasteiger partial charge in [0.15, 0.2) is 0 Å². The first-order valence-electron chi connectivity index (χ1n) is 8.65. The first-order valence-corrected chi connectivity index (χ1v) is 8.65. The van der Waals surface area contributed by atoms with Gasteiger partial charge in [-0.2, -0.15) is 0 Å². The highest BCUT2D eigenvalue weighted by atomic mass is 16.5. The third kappa shape index (κ3) is 4.88. The number of nitrogens with one attached hydrogen (secondary N) is 1. The number of nitrogens with zero attached hydrogens (tertiary/aromatic N) is 1. The van der Waals surface area contributed by atoms with Gasteiger partial charge in [-0.25, -0.2) is 14.4 Å². The molecular weight excluding hydrogens is 360 g/mol. The monoisotopic (exact) mass is 384 g/mol. The Labute approximate surface area is 164 Å². The molecule has 148 valence electrons. The third-order valence-electron chi connectivity index (χ3n) is 4.34. The van der Waals surface area contributed by atoms with Crippen molar-refractivity contribution in [2.75, 3.05) is 26.6 Å². The molecule has 7 nitrogen and oxygen atoms in total. The Balaban J connectivity index is 2.25. The first-order chi connectivity index (χ1) is 13.3. The minimum atomic E-state index is -0.622. The number of anilines is 1. The van der Waals surface area contributed by atoms with E-state index in [4.69, 9.17) is 9.47 Å². The predicted molar refractivity (Wildman–Crippen MR) is 106 cm³/mol. The highest BCUT2D eigenvalue weighted by Gasteiger charge is 2.19. The van der Waals surface area contributed by atoms with Crippen molar-refractivity contribution in [1.82, 2.24) is 4.90 Å². The minimum absolute atomic E-state index is 0.142. The quantitative estimate of drug-likeness (QED) is 0.797. The maximum atomic E-state index is 12.7. The summed E-state index contributed by atoms with van der Waals surface area (Å²) in [5.74, 6) is -1.20. The number of urea groups is 1. The van der Waals surface area contributed by atoms with E-state index < -0.39 is 18.0 Å². The highest BCUT2D eigenvalue weighted by Crippen LogP contribution is 2.21. The van der Waals surface area contributed by atoms with E-state index in [-0.39, 0.29) is 16.8 Å². The van der Waals surface area contributed by atoms with Crippen molar-refractivity contribution in [2.24, 2.45) is 0 Å². The molecule has 0 spiro atoms. The Kier molecular flexibility index (Phi) is 6.76. The van der Waals surface area contributed by atoms with Gasteiger partial charge >= 0.3 is 18.0 Å². The molecule has 0 fully saturated rings. The molecule has 2 aromatic rings. The lowest BCUT2D eigenvalue weighted by atomic mass is 10.1. The van der Waals surface area contributed by atoms with E-state index in [2.05, 4.69) is 11.4 Å². The molecule has 2 rings (SSSR count). The minimum Gasteiger partial charge on any atom is -0.465 e. The molecule has 28 heavy (non-hydrogen) atoms. The lowest BCUT2D eigenvalue weighted by molar-refractivity contribution is 0.0587. The number of carbonyl (C=O) groups excluding carboxylic acids is 3. The maximum Gasteiger partial charge on any atom is 0.339 e. The van der Waals surface area contributed by atoms with Crippen LogP contribution in [0.3, 0.4) is 0 Å². The lowest BCUT2D eigenvalue weighted by Crippen LogP contribution is -2.31. The van der Waals surface area contributed by atoms with E-state index in [9.17, 15) is 14.4 Å². The summed E-state index contributed by atoms with van der Waals surface area (Å²) >= 11 is 0. The number of amides is 2. The molecule has 0 heterocycles. The number of methoxy groups -OCH3 is 2. The number of aryl methyl sites for hydroxylation is 2.